The van der Waals surface area contributed by atoms with Crippen LogP contribution in [0.5, 0.6) is 0 Å². The molecule has 25 heavy (non-hydrogen) atoms. The van der Waals surface area contributed by atoms with Crippen LogP contribution < -0.4 is 4.90 Å². The van der Waals surface area contributed by atoms with Gasteiger partial charge in [0.15, 0.2) is 0 Å². The van der Waals surface area contributed by atoms with Crippen molar-refractivity contribution in [1.82, 2.24) is 0 Å². The largest absolute Gasteiger partial charge is 0.369 e. The van der Waals surface area contributed by atoms with Gasteiger partial charge in [-0.15, -0.1) is 23.2 Å². The maximum Gasteiger partial charge on any atom is 0.294 e. The highest BCUT2D eigenvalue weighted by molar-refractivity contribution is 7.85. The van der Waals surface area contributed by atoms with Gasteiger partial charge in [-0.3, -0.25) is 4.55 Å². The molecule has 1 N–H and O–H groups in total. The van der Waals surface area contributed by atoms with Crippen LogP contribution in [0.1, 0.15) is 0 Å². The second-order valence-electron chi connectivity index (χ2n) is 5.05. The minimum absolute atomic E-state index is 0.186. The van der Waals surface area contributed by atoms with Crippen LogP contribution in [-0.2, 0) is 10.1 Å². The predicted octanol–water partition coefficient (Wildman–Crippen LogP) is 4.63. The summed E-state index contributed by atoms with van der Waals surface area (Å²) in [5.74, 6) is 1.02. The van der Waals surface area contributed by atoms with E-state index in [9.17, 15) is 8.42 Å². The SMILES string of the molecule is O=S(=O)(O)c1ccc(N=Nc2ccc(N(CCCl)CCCl)cc2)cc1. The fourth-order valence-corrected chi connectivity index (χ4v) is 2.99. The topological polar surface area (TPSA) is 82.3 Å². The van der Waals surface area contributed by atoms with E-state index in [0.717, 1.165) is 5.69 Å². The zero-order valence-electron chi connectivity index (χ0n) is 13.2. The minimum atomic E-state index is -4.20. The Morgan fingerprint density at radius 2 is 1.28 bits per heavy atom. The van der Waals surface area contributed by atoms with E-state index in [0.29, 0.717) is 36.2 Å². The van der Waals surface area contributed by atoms with E-state index in [1.807, 2.05) is 24.3 Å². The Bertz CT molecular complexity index is 804. The number of hydrogen-bond donors (Lipinski definition) is 1. The van der Waals surface area contributed by atoms with Gasteiger partial charge in [0.05, 0.1) is 16.3 Å². The number of rotatable bonds is 8. The van der Waals surface area contributed by atoms with Gasteiger partial charge >= 0.3 is 0 Å². The fraction of sp³-hybridized carbons (Fsp3) is 0.250. The van der Waals surface area contributed by atoms with Gasteiger partial charge in [0.25, 0.3) is 10.1 Å². The van der Waals surface area contributed by atoms with Crippen molar-refractivity contribution in [3.05, 3.63) is 48.5 Å². The Balaban J connectivity index is 2.08. The first kappa shape index (κ1) is 19.7. The molecule has 0 aliphatic carbocycles. The van der Waals surface area contributed by atoms with Crippen molar-refractivity contribution in [3.8, 4) is 0 Å². The summed E-state index contributed by atoms with van der Waals surface area (Å²) in [5.41, 5.74) is 2.12. The van der Waals surface area contributed by atoms with E-state index in [2.05, 4.69) is 15.1 Å². The number of anilines is 1. The normalized spacial score (nSPS) is 11.8. The molecule has 0 saturated carbocycles. The van der Waals surface area contributed by atoms with E-state index in [-0.39, 0.29) is 4.90 Å². The molecule has 2 rings (SSSR count). The number of benzene rings is 2. The monoisotopic (exact) mass is 401 g/mol. The summed E-state index contributed by atoms with van der Waals surface area (Å²) in [5, 5.41) is 8.14. The van der Waals surface area contributed by atoms with Gasteiger partial charge in [0, 0.05) is 30.5 Å². The molecule has 0 fully saturated rings. The quantitative estimate of drug-likeness (QED) is 0.396. The lowest BCUT2D eigenvalue weighted by Crippen LogP contribution is -2.27. The van der Waals surface area contributed by atoms with Crippen molar-refractivity contribution in [2.75, 3.05) is 29.7 Å². The molecule has 0 aliphatic rings. The summed E-state index contributed by atoms with van der Waals surface area (Å²) in [6.07, 6.45) is 0. The van der Waals surface area contributed by atoms with Gasteiger partial charge in [-0.25, -0.2) is 0 Å². The molecule has 0 heterocycles. The maximum atomic E-state index is 11.0. The molecule has 2 aromatic rings. The van der Waals surface area contributed by atoms with Crippen molar-refractivity contribution in [3.63, 3.8) is 0 Å². The third-order valence-electron chi connectivity index (χ3n) is 3.34. The molecule has 9 heteroatoms. The molecule has 0 aliphatic heterocycles. The summed E-state index contributed by atoms with van der Waals surface area (Å²) in [7, 11) is -4.20. The lowest BCUT2D eigenvalue weighted by molar-refractivity contribution is 0.483. The molecule has 0 aromatic heterocycles. The van der Waals surface area contributed by atoms with Crippen LogP contribution in [0, 0.1) is 0 Å². The zero-order chi connectivity index (χ0) is 18.3. The summed E-state index contributed by atoms with van der Waals surface area (Å²) in [6.45, 7) is 1.41. The first-order valence-electron chi connectivity index (χ1n) is 7.40. The third-order valence-corrected chi connectivity index (χ3v) is 4.55. The Labute approximate surface area is 156 Å². The lowest BCUT2D eigenvalue weighted by Gasteiger charge is -2.22. The Morgan fingerprint density at radius 1 is 0.840 bits per heavy atom. The molecule has 0 bridgehead atoms. The molecule has 2 aromatic carbocycles. The van der Waals surface area contributed by atoms with Crippen LogP contribution in [0.3, 0.4) is 0 Å². The van der Waals surface area contributed by atoms with Crippen LogP contribution in [0.4, 0.5) is 17.1 Å². The molecular weight excluding hydrogens is 385 g/mol. The Morgan fingerprint density at radius 3 is 1.68 bits per heavy atom. The average Bonchev–Trinajstić information content (AvgIpc) is 2.60. The van der Waals surface area contributed by atoms with Gasteiger partial charge in [0.2, 0.25) is 0 Å². The predicted molar refractivity (Wildman–Crippen MR) is 101 cm³/mol. The van der Waals surface area contributed by atoms with Crippen LogP contribution in [0.2, 0.25) is 0 Å². The molecule has 0 spiro atoms. The second-order valence-corrected chi connectivity index (χ2v) is 7.23. The van der Waals surface area contributed by atoms with Gasteiger partial charge in [-0.1, -0.05) is 0 Å². The van der Waals surface area contributed by atoms with Crippen LogP contribution >= 0.6 is 23.2 Å². The van der Waals surface area contributed by atoms with Crippen molar-refractivity contribution >= 4 is 50.4 Å². The van der Waals surface area contributed by atoms with E-state index in [1.54, 1.807) is 0 Å². The van der Waals surface area contributed by atoms with E-state index >= 15 is 0 Å². The van der Waals surface area contributed by atoms with E-state index in [1.165, 1.54) is 24.3 Å². The fourth-order valence-electron chi connectivity index (χ4n) is 2.10. The molecule has 0 atom stereocenters. The van der Waals surface area contributed by atoms with E-state index in [4.69, 9.17) is 27.8 Å². The molecule has 0 unspecified atom stereocenters. The number of alkyl halides is 2. The summed E-state index contributed by atoms with van der Waals surface area (Å²) in [6, 6.07) is 12.9. The summed E-state index contributed by atoms with van der Waals surface area (Å²) in [4.78, 5) is 1.89. The highest BCUT2D eigenvalue weighted by Crippen LogP contribution is 2.23. The molecule has 0 radical (unpaired) electrons. The third kappa shape index (κ3) is 5.97. The maximum absolute atomic E-state index is 11.0. The van der Waals surface area contributed by atoms with Crippen LogP contribution in [0.15, 0.2) is 63.7 Å². The molecule has 6 nitrogen and oxygen atoms in total. The number of hydrogen-bond acceptors (Lipinski definition) is 5. The highest BCUT2D eigenvalue weighted by atomic mass is 35.5. The Kier molecular flexibility index (Phi) is 7.19. The highest BCUT2D eigenvalue weighted by Gasteiger charge is 2.08. The number of nitrogens with zero attached hydrogens (tertiary/aromatic N) is 3. The summed E-state index contributed by atoms with van der Waals surface area (Å²) >= 11 is 11.6. The van der Waals surface area contributed by atoms with E-state index < -0.39 is 10.1 Å². The van der Waals surface area contributed by atoms with Crippen molar-refractivity contribution in [2.45, 2.75) is 4.90 Å². The van der Waals surface area contributed by atoms with Crippen LogP contribution in [0.25, 0.3) is 0 Å². The minimum Gasteiger partial charge on any atom is -0.369 e. The zero-order valence-corrected chi connectivity index (χ0v) is 15.5. The second kappa shape index (κ2) is 9.15. The molecular formula is C16H17Cl2N3O3S. The number of halogens is 2. The van der Waals surface area contributed by atoms with Gasteiger partial charge in [-0.2, -0.15) is 18.6 Å². The van der Waals surface area contributed by atoms with Gasteiger partial charge < -0.3 is 4.90 Å². The van der Waals surface area contributed by atoms with Gasteiger partial charge in [0.1, 0.15) is 0 Å². The first-order chi connectivity index (χ1) is 11.9. The van der Waals surface area contributed by atoms with Gasteiger partial charge in [-0.05, 0) is 48.5 Å². The Hall–Kier alpha value is -1.67. The van der Waals surface area contributed by atoms with Crippen molar-refractivity contribution < 1.29 is 13.0 Å². The molecule has 0 amide bonds. The average molecular weight is 402 g/mol. The summed E-state index contributed by atoms with van der Waals surface area (Å²) < 4.78 is 30.9. The van der Waals surface area contributed by atoms with Crippen LogP contribution in [-0.4, -0.2) is 37.8 Å². The van der Waals surface area contributed by atoms with Crippen molar-refractivity contribution in [2.24, 2.45) is 10.2 Å². The smallest absolute Gasteiger partial charge is 0.294 e. The standard InChI is InChI=1S/C16H17Cl2N3O3S/c17-9-11-21(12-10-18)15-5-1-13(2-6-15)19-20-14-3-7-16(8-4-14)25(22,23)24/h1-8H,9-12H2,(H,22,23,24). The first-order valence-corrected chi connectivity index (χ1v) is 9.91. The molecule has 0 saturated heterocycles. The van der Waals surface area contributed by atoms with Crippen molar-refractivity contribution in [1.29, 1.82) is 0 Å². The lowest BCUT2D eigenvalue weighted by atomic mass is 10.2. The number of azo groups is 1. The molecule has 134 valence electrons.